The van der Waals surface area contributed by atoms with E-state index in [1.165, 1.54) is 12.8 Å². The number of likely N-dealkylation sites (tertiary alicyclic amines) is 1. The molecule has 2 rings (SSSR count). The Morgan fingerprint density at radius 2 is 2.33 bits per heavy atom. The van der Waals surface area contributed by atoms with Gasteiger partial charge in [-0.05, 0) is 51.4 Å². The van der Waals surface area contributed by atoms with E-state index in [2.05, 4.69) is 17.3 Å². The van der Waals surface area contributed by atoms with Crippen LogP contribution in [0.2, 0.25) is 0 Å². The maximum Gasteiger partial charge on any atom is 0.255 e. The SMILES string of the molecule is CCOc1c(N)cccc1C(=O)NCC1CCCN(C)C1. The van der Waals surface area contributed by atoms with Crippen LogP contribution in [0.25, 0.3) is 0 Å². The molecule has 3 N–H and O–H groups in total. The second-order valence-electron chi connectivity index (χ2n) is 5.64. The Kier molecular flexibility index (Phi) is 5.44. The van der Waals surface area contributed by atoms with E-state index >= 15 is 0 Å². The quantitative estimate of drug-likeness (QED) is 0.811. The van der Waals surface area contributed by atoms with Crippen molar-refractivity contribution < 1.29 is 9.53 Å². The summed E-state index contributed by atoms with van der Waals surface area (Å²) in [6, 6.07) is 5.28. The zero-order valence-electron chi connectivity index (χ0n) is 12.9. The molecule has 116 valence electrons. The highest BCUT2D eigenvalue weighted by Crippen LogP contribution is 2.26. The summed E-state index contributed by atoms with van der Waals surface area (Å²) in [5.41, 5.74) is 6.91. The van der Waals surface area contributed by atoms with Crippen LogP contribution < -0.4 is 15.8 Å². The van der Waals surface area contributed by atoms with Crippen LogP contribution in [0.3, 0.4) is 0 Å². The highest BCUT2D eigenvalue weighted by atomic mass is 16.5. The molecule has 1 unspecified atom stereocenters. The molecule has 0 bridgehead atoms. The van der Waals surface area contributed by atoms with Crippen molar-refractivity contribution in [3.8, 4) is 5.75 Å². The second-order valence-corrected chi connectivity index (χ2v) is 5.64. The summed E-state index contributed by atoms with van der Waals surface area (Å²) in [6.07, 6.45) is 2.36. The Labute approximate surface area is 126 Å². The fraction of sp³-hybridized carbons (Fsp3) is 0.562. The Morgan fingerprint density at radius 1 is 1.52 bits per heavy atom. The van der Waals surface area contributed by atoms with Gasteiger partial charge in [0.15, 0.2) is 5.75 Å². The number of rotatable bonds is 5. The molecule has 1 aliphatic heterocycles. The van der Waals surface area contributed by atoms with Crippen LogP contribution in [0.1, 0.15) is 30.1 Å². The lowest BCUT2D eigenvalue weighted by atomic mass is 9.98. The van der Waals surface area contributed by atoms with E-state index in [0.29, 0.717) is 36.1 Å². The number of para-hydroxylation sites is 1. The van der Waals surface area contributed by atoms with Crippen molar-refractivity contribution in [2.24, 2.45) is 5.92 Å². The fourth-order valence-electron chi connectivity index (χ4n) is 2.81. The third kappa shape index (κ3) is 4.11. The Morgan fingerprint density at radius 3 is 3.05 bits per heavy atom. The molecular formula is C16H25N3O2. The highest BCUT2D eigenvalue weighted by molar-refractivity contribution is 5.98. The van der Waals surface area contributed by atoms with E-state index in [-0.39, 0.29) is 5.91 Å². The summed E-state index contributed by atoms with van der Waals surface area (Å²) in [6.45, 7) is 5.25. The monoisotopic (exact) mass is 291 g/mol. The van der Waals surface area contributed by atoms with Gasteiger partial charge in [0, 0.05) is 13.1 Å². The number of carbonyl (C=O) groups excluding carboxylic acids is 1. The summed E-state index contributed by atoms with van der Waals surface area (Å²) in [4.78, 5) is 14.7. The average Bonchev–Trinajstić information content (AvgIpc) is 2.47. The Hall–Kier alpha value is -1.75. The first kappa shape index (κ1) is 15.6. The van der Waals surface area contributed by atoms with E-state index in [9.17, 15) is 4.79 Å². The zero-order valence-corrected chi connectivity index (χ0v) is 12.9. The molecule has 1 atom stereocenters. The summed E-state index contributed by atoms with van der Waals surface area (Å²) >= 11 is 0. The van der Waals surface area contributed by atoms with Gasteiger partial charge in [-0.25, -0.2) is 0 Å². The van der Waals surface area contributed by atoms with Crippen LogP contribution >= 0.6 is 0 Å². The topological polar surface area (TPSA) is 67.6 Å². The summed E-state index contributed by atoms with van der Waals surface area (Å²) in [7, 11) is 2.12. The molecule has 1 aliphatic rings. The lowest BCUT2D eigenvalue weighted by molar-refractivity contribution is 0.0933. The first-order valence-corrected chi connectivity index (χ1v) is 7.59. The van der Waals surface area contributed by atoms with E-state index in [1.807, 2.05) is 6.92 Å². The minimum Gasteiger partial charge on any atom is -0.491 e. The maximum atomic E-state index is 12.4. The van der Waals surface area contributed by atoms with E-state index in [1.54, 1.807) is 18.2 Å². The lowest BCUT2D eigenvalue weighted by Crippen LogP contribution is -2.39. The molecule has 5 nitrogen and oxygen atoms in total. The van der Waals surface area contributed by atoms with Crippen LogP contribution in [0, 0.1) is 5.92 Å². The molecule has 1 heterocycles. The number of nitrogens with zero attached hydrogens (tertiary/aromatic N) is 1. The van der Waals surface area contributed by atoms with Gasteiger partial charge in [-0.1, -0.05) is 6.07 Å². The predicted molar refractivity (Wildman–Crippen MR) is 84.6 cm³/mol. The van der Waals surface area contributed by atoms with Gasteiger partial charge in [0.05, 0.1) is 17.9 Å². The highest BCUT2D eigenvalue weighted by Gasteiger charge is 2.19. The summed E-state index contributed by atoms with van der Waals surface area (Å²) in [5.74, 6) is 0.890. The normalized spacial score (nSPS) is 19.2. The molecular weight excluding hydrogens is 266 g/mol. The van der Waals surface area contributed by atoms with Gasteiger partial charge in [0.2, 0.25) is 0 Å². The fourth-order valence-corrected chi connectivity index (χ4v) is 2.81. The number of piperidine rings is 1. The predicted octanol–water partition coefficient (Wildman–Crippen LogP) is 1.74. The summed E-state index contributed by atoms with van der Waals surface area (Å²) < 4.78 is 5.50. The van der Waals surface area contributed by atoms with Crippen molar-refractivity contribution in [2.45, 2.75) is 19.8 Å². The molecule has 0 spiro atoms. The van der Waals surface area contributed by atoms with Crippen molar-refractivity contribution in [1.29, 1.82) is 0 Å². The van der Waals surface area contributed by atoms with Crippen molar-refractivity contribution in [1.82, 2.24) is 10.2 Å². The first-order chi connectivity index (χ1) is 10.1. The molecule has 0 aliphatic carbocycles. The summed E-state index contributed by atoms with van der Waals surface area (Å²) in [5, 5.41) is 3.01. The zero-order chi connectivity index (χ0) is 15.2. The number of nitrogens with two attached hydrogens (primary N) is 1. The van der Waals surface area contributed by atoms with Gasteiger partial charge < -0.3 is 20.7 Å². The smallest absolute Gasteiger partial charge is 0.255 e. The number of hydrogen-bond acceptors (Lipinski definition) is 4. The van der Waals surface area contributed by atoms with Crippen molar-refractivity contribution >= 4 is 11.6 Å². The van der Waals surface area contributed by atoms with E-state index < -0.39 is 0 Å². The van der Waals surface area contributed by atoms with E-state index in [4.69, 9.17) is 10.5 Å². The van der Waals surface area contributed by atoms with E-state index in [0.717, 1.165) is 13.1 Å². The molecule has 21 heavy (non-hydrogen) atoms. The number of ether oxygens (including phenoxy) is 1. The van der Waals surface area contributed by atoms with Gasteiger partial charge in [0.25, 0.3) is 5.91 Å². The van der Waals surface area contributed by atoms with Crippen LogP contribution in [0.4, 0.5) is 5.69 Å². The molecule has 1 saturated heterocycles. The van der Waals surface area contributed by atoms with Crippen molar-refractivity contribution in [3.05, 3.63) is 23.8 Å². The molecule has 1 aromatic carbocycles. The van der Waals surface area contributed by atoms with Gasteiger partial charge in [-0.2, -0.15) is 0 Å². The van der Waals surface area contributed by atoms with Gasteiger partial charge in [-0.15, -0.1) is 0 Å². The number of carbonyl (C=O) groups is 1. The second kappa shape index (κ2) is 7.31. The average molecular weight is 291 g/mol. The largest absolute Gasteiger partial charge is 0.491 e. The molecule has 1 fully saturated rings. The third-order valence-corrected chi connectivity index (χ3v) is 3.85. The number of nitrogen functional groups attached to an aromatic ring is 1. The van der Waals surface area contributed by atoms with Gasteiger partial charge in [-0.3, -0.25) is 4.79 Å². The number of anilines is 1. The maximum absolute atomic E-state index is 12.4. The van der Waals surface area contributed by atoms with Crippen LogP contribution in [0.15, 0.2) is 18.2 Å². The molecule has 0 radical (unpaired) electrons. The Balaban J connectivity index is 1.98. The van der Waals surface area contributed by atoms with Crippen molar-refractivity contribution in [2.75, 3.05) is 39.0 Å². The minimum atomic E-state index is -0.112. The van der Waals surface area contributed by atoms with Gasteiger partial charge >= 0.3 is 0 Å². The number of nitrogens with one attached hydrogen (secondary N) is 1. The van der Waals surface area contributed by atoms with Gasteiger partial charge in [0.1, 0.15) is 0 Å². The number of hydrogen-bond donors (Lipinski definition) is 2. The standard InChI is InChI=1S/C16H25N3O2/c1-3-21-15-13(7-4-8-14(15)17)16(20)18-10-12-6-5-9-19(2)11-12/h4,7-8,12H,3,5-6,9-11,17H2,1-2H3,(H,18,20). The third-order valence-electron chi connectivity index (χ3n) is 3.85. The lowest BCUT2D eigenvalue weighted by Gasteiger charge is -2.29. The molecule has 5 heteroatoms. The molecule has 0 aromatic heterocycles. The Bertz CT molecular complexity index is 490. The van der Waals surface area contributed by atoms with Crippen molar-refractivity contribution in [3.63, 3.8) is 0 Å². The van der Waals surface area contributed by atoms with Crippen LogP contribution in [-0.4, -0.2) is 44.1 Å². The molecule has 1 amide bonds. The molecule has 0 saturated carbocycles. The number of amides is 1. The number of benzene rings is 1. The first-order valence-electron chi connectivity index (χ1n) is 7.59. The minimum absolute atomic E-state index is 0.112. The molecule has 1 aromatic rings. The van der Waals surface area contributed by atoms with Crippen LogP contribution in [-0.2, 0) is 0 Å². The van der Waals surface area contributed by atoms with Crippen LogP contribution in [0.5, 0.6) is 5.75 Å².